The van der Waals surface area contributed by atoms with E-state index in [1.165, 1.54) is 51.5 Å². The number of para-hydroxylation sites is 4. The van der Waals surface area contributed by atoms with E-state index in [1.807, 2.05) is 30.3 Å². The Balaban J connectivity index is 1.45. The summed E-state index contributed by atoms with van der Waals surface area (Å²) in [6.45, 7) is 14.5. The topological polar surface area (TPSA) is 85.8 Å². The molecule has 1 aliphatic heterocycles. The summed E-state index contributed by atoms with van der Waals surface area (Å²) in [6.07, 6.45) is 0. The van der Waals surface area contributed by atoms with Crippen LogP contribution < -0.4 is 9.80 Å². The third kappa shape index (κ3) is 7.69. The molecule has 0 saturated heterocycles. The van der Waals surface area contributed by atoms with Gasteiger partial charge in [-0.25, -0.2) is 4.99 Å². The van der Waals surface area contributed by atoms with Gasteiger partial charge in [0.05, 0.1) is 10.5 Å². The minimum absolute atomic E-state index is 0.119. The molecule has 6 aromatic rings. The third-order valence-electron chi connectivity index (χ3n) is 10.6. The van der Waals surface area contributed by atoms with Crippen molar-refractivity contribution in [2.75, 3.05) is 22.9 Å². The van der Waals surface area contributed by atoms with Crippen LogP contribution in [0.25, 0.3) is 11.1 Å². The van der Waals surface area contributed by atoms with Crippen molar-refractivity contribution in [2.24, 2.45) is 4.99 Å². The smallest absolute Gasteiger partial charge is 0.294 e. The molecule has 0 aromatic heterocycles. The molecule has 58 heavy (non-hydrogen) atoms. The van der Waals surface area contributed by atoms with E-state index in [0.717, 1.165) is 57.2 Å². The first-order chi connectivity index (χ1) is 28.1. The molecule has 1 heterocycles. The van der Waals surface area contributed by atoms with Crippen LogP contribution in [0.1, 0.15) is 52.8 Å². The quantitative estimate of drug-likeness (QED) is 0.0961. The molecule has 0 radical (unpaired) electrons. The van der Waals surface area contributed by atoms with Gasteiger partial charge in [0, 0.05) is 58.0 Å². The normalized spacial score (nSPS) is 13.1. The lowest BCUT2D eigenvalue weighted by molar-refractivity contribution is -0.384. The zero-order valence-electron chi connectivity index (χ0n) is 33.7. The fourth-order valence-electron chi connectivity index (χ4n) is 7.93. The van der Waals surface area contributed by atoms with Crippen molar-refractivity contribution in [3.8, 4) is 6.07 Å². The molecule has 0 saturated carbocycles. The maximum atomic E-state index is 12.1. The Kier molecular flexibility index (Phi) is 11.7. The van der Waals surface area contributed by atoms with E-state index in [0.29, 0.717) is 10.6 Å². The van der Waals surface area contributed by atoms with E-state index in [2.05, 4.69) is 142 Å². The number of nitrogens with zero attached hydrogens (tertiary/aromatic N) is 5. The van der Waals surface area contributed by atoms with Crippen LogP contribution in [0.2, 0.25) is 0 Å². The van der Waals surface area contributed by atoms with E-state index >= 15 is 0 Å². The molecule has 0 spiro atoms. The molecular weight excluding hydrogens is 735 g/mol. The average Bonchev–Trinajstić information content (AvgIpc) is 3.59. The fraction of sp³-hybridized carbons (Fsp3) is 0.160. The minimum Gasteiger partial charge on any atom is -0.341 e. The lowest BCUT2D eigenvalue weighted by atomic mass is 9.91. The highest BCUT2D eigenvalue weighted by molar-refractivity contribution is 8.19. The average molecular weight is 780 g/mol. The summed E-state index contributed by atoms with van der Waals surface area (Å²) in [7, 11) is 0. The Bertz CT molecular complexity index is 2490. The number of hydrogen-bond acceptors (Lipinski definition) is 7. The second-order valence-electron chi connectivity index (χ2n) is 14.3. The van der Waals surface area contributed by atoms with Gasteiger partial charge in [-0.2, -0.15) is 5.26 Å². The molecule has 8 heteroatoms. The fourth-order valence-corrected chi connectivity index (χ4v) is 9.17. The van der Waals surface area contributed by atoms with E-state index < -0.39 is 4.92 Å². The van der Waals surface area contributed by atoms with Crippen LogP contribution in [-0.4, -0.2) is 23.1 Å². The van der Waals surface area contributed by atoms with Crippen LogP contribution in [0.4, 0.5) is 34.1 Å². The zero-order valence-corrected chi connectivity index (χ0v) is 34.5. The molecule has 0 N–H and O–H groups in total. The summed E-state index contributed by atoms with van der Waals surface area (Å²) < 4.78 is 0. The predicted molar refractivity (Wildman–Crippen MR) is 243 cm³/mol. The van der Waals surface area contributed by atoms with Crippen LogP contribution in [0, 0.1) is 49.1 Å². The van der Waals surface area contributed by atoms with Gasteiger partial charge < -0.3 is 9.80 Å². The molecule has 0 bridgehead atoms. The molecule has 0 atom stereocenters. The maximum Gasteiger partial charge on any atom is 0.294 e. The Morgan fingerprint density at radius 1 is 0.655 bits per heavy atom. The van der Waals surface area contributed by atoms with E-state index in [1.54, 1.807) is 18.2 Å². The molecule has 288 valence electrons. The van der Waals surface area contributed by atoms with Crippen molar-refractivity contribution < 1.29 is 4.92 Å². The highest BCUT2D eigenvalue weighted by atomic mass is 32.2. The number of nitro benzene ring substituents is 1. The van der Waals surface area contributed by atoms with Gasteiger partial charge in [0.15, 0.2) is 0 Å². The molecule has 0 amide bonds. The van der Waals surface area contributed by atoms with Crippen molar-refractivity contribution in [1.29, 1.82) is 5.26 Å². The molecular formula is C50H45N5O2S. The molecule has 7 nitrogen and oxygen atoms in total. The zero-order chi connectivity index (χ0) is 40.9. The number of rotatable bonds is 11. The second-order valence-corrected chi connectivity index (χ2v) is 15.3. The first-order valence-electron chi connectivity index (χ1n) is 19.5. The van der Waals surface area contributed by atoms with E-state index in [4.69, 9.17) is 4.99 Å². The summed E-state index contributed by atoms with van der Waals surface area (Å²) in [5.41, 5.74) is 14.3. The Labute approximate surface area is 345 Å². The number of benzene rings is 6. The van der Waals surface area contributed by atoms with Crippen molar-refractivity contribution in [1.82, 2.24) is 0 Å². The predicted octanol–water partition coefficient (Wildman–Crippen LogP) is 13.4. The largest absolute Gasteiger partial charge is 0.341 e. The number of anilines is 4. The number of aliphatic imine (C=N–C) groups is 1. The lowest BCUT2D eigenvalue weighted by Gasteiger charge is -2.28. The number of hydrogen-bond donors (Lipinski definition) is 0. The maximum absolute atomic E-state index is 12.1. The standard InChI is InChI=1S/C50H45N5O2S/c1-7-53(47-33(3)16-14-17-34(47)4)40-28-24-38(25-29-40)45(39-26-30-41(31-27-39)54(8-2)48-35(5)18-15-19-36(48)6)49-46(37-20-10-9-11-21-37)42(32-51)50(58-49)52-43-22-12-13-23-44(43)55(56)57/h9-31H,7-8H2,1-6H3. The van der Waals surface area contributed by atoms with E-state index in [-0.39, 0.29) is 11.4 Å². The van der Waals surface area contributed by atoms with Crippen LogP contribution in [0.15, 0.2) is 155 Å². The van der Waals surface area contributed by atoms with Crippen LogP contribution in [0.3, 0.4) is 0 Å². The summed E-state index contributed by atoms with van der Waals surface area (Å²) in [6, 6.07) is 48.8. The van der Waals surface area contributed by atoms with Crippen molar-refractivity contribution in [3.63, 3.8) is 0 Å². The van der Waals surface area contributed by atoms with Crippen molar-refractivity contribution in [2.45, 2.75) is 41.5 Å². The van der Waals surface area contributed by atoms with Gasteiger partial charge in [0.2, 0.25) is 0 Å². The van der Waals surface area contributed by atoms with Gasteiger partial charge in [-0.1, -0.05) is 115 Å². The molecule has 0 unspecified atom stereocenters. The Morgan fingerprint density at radius 3 is 1.57 bits per heavy atom. The van der Waals surface area contributed by atoms with Gasteiger partial charge in [0.25, 0.3) is 5.69 Å². The van der Waals surface area contributed by atoms with Crippen molar-refractivity contribution >= 4 is 62.1 Å². The highest BCUT2D eigenvalue weighted by Gasteiger charge is 2.32. The van der Waals surface area contributed by atoms with Gasteiger partial charge in [0.1, 0.15) is 16.8 Å². The number of allylic oxidation sites excluding steroid dienone is 1. The van der Waals surface area contributed by atoms with Gasteiger partial charge in [-0.15, -0.1) is 0 Å². The monoisotopic (exact) mass is 779 g/mol. The SMILES string of the molecule is CCN(c1ccc(C(=C2SC(=Nc3ccccc3[N+](=O)[O-])C(C#N)=C2c2ccccc2)c2ccc(N(CC)c3c(C)cccc3C)cc2)cc1)c1c(C)cccc1C. The number of thioether (sulfide) groups is 1. The van der Waals surface area contributed by atoms with Crippen LogP contribution in [-0.2, 0) is 0 Å². The van der Waals surface area contributed by atoms with Gasteiger partial charge in [-0.3, -0.25) is 10.1 Å². The summed E-state index contributed by atoms with van der Waals surface area (Å²) in [5, 5.41) is 23.3. The molecule has 6 aromatic carbocycles. The first-order valence-corrected chi connectivity index (χ1v) is 20.3. The molecule has 0 aliphatic carbocycles. The third-order valence-corrected chi connectivity index (χ3v) is 11.7. The minimum atomic E-state index is -0.436. The Morgan fingerprint density at radius 2 is 1.12 bits per heavy atom. The molecule has 1 aliphatic rings. The Hall–Kier alpha value is -6.69. The molecule has 7 rings (SSSR count). The van der Waals surface area contributed by atoms with Crippen LogP contribution in [0.5, 0.6) is 0 Å². The van der Waals surface area contributed by atoms with E-state index in [9.17, 15) is 15.4 Å². The van der Waals surface area contributed by atoms with Crippen molar-refractivity contribution in [3.05, 3.63) is 199 Å². The van der Waals surface area contributed by atoms with Crippen LogP contribution >= 0.6 is 11.8 Å². The number of aryl methyl sites for hydroxylation is 4. The summed E-state index contributed by atoms with van der Waals surface area (Å²) >= 11 is 1.38. The summed E-state index contributed by atoms with van der Waals surface area (Å²) in [5.74, 6) is 0. The second kappa shape index (κ2) is 17.2. The van der Waals surface area contributed by atoms with Gasteiger partial charge >= 0.3 is 0 Å². The summed E-state index contributed by atoms with van der Waals surface area (Å²) in [4.78, 5) is 22.0. The number of nitriles is 1. The lowest BCUT2D eigenvalue weighted by Crippen LogP contribution is -2.18. The first kappa shape index (κ1) is 39.5. The van der Waals surface area contributed by atoms with Gasteiger partial charge in [-0.05, 0) is 111 Å². The highest BCUT2D eigenvalue weighted by Crippen LogP contribution is 2.51. The molecule has 0 fully saturated rings. The number of nitro groups is 1.